The topological polar surface area (TPSA) is 170 Å². The summed E-state index contributed by atoms with van der Waals surface area (Å²) in [6.45, 7) is 11.9. The fourth-order valence-corrected chi connectivity index (χ4v) is 11.6. The summed E-state index contributed by atoms with van der Waals surface area (Å²) in [6, 6.07) is 42.1. The van der Waals surface area contributed by atoms with Gasteiger partial charge in [0.15, 0.2) is 0 Å². The largest absolute Gasteiger partial charge is 0.497 e. The molecule has 1 aliphatic carbocycles. The lowest BCUT2D eigenvalue weighted by molar-refractivity contribution is -0.0927. The highest BCUT2D eigenvalue weighted by atomic mass is 31.2. The summed E-state index contributed by atoms with van der Waals surface area (Å²) in [4.78, 5) is 41.0. The minimum absolute atomic E-state index is 0.0159. The number of nitrogens with one attached hydrogen (secondary N) is 2. The molecule has 4 unspecified atom stereocenters. The van der Waals surface area contributed by atoms with Crippen molar-refractivity contribution in [3.8, 4) is 22.6 Å². The molecule has 6 aromatic rings. The number of carbonyl (C=O) groups is 1. The third kappa shape index (κ3) is 13.1. The van der Waals surface area contributed by atoms with E-state index < -0.39 is 49.9 Å². The smallest absolute Gasteiger partial charge is 0.407 e. The number of benzene rings is 5. The molecule has 4 atom stereocenters. The minimum atomic E-state index is -1.74. The van der Waals surface area contributed by atoms with Crippen LogP contribution >= 0.6 is 8.53 Å². The number of aromatic nitrogens is 2. The third-order valence-corrected chi connectivity index (χ3v) is 15.6. The van der Waals surface area contributed by atoms with Crippen molar-refractivity contribution in [2.24, 2.45) is 0 Å². The number of ether oxygens (including phenoxy) is 7. The van der Waals surface area contributed by atoms with Crippen LogP contribution in [0.3, 0.4) is 0 Å². The van der Waals surface area contributed by atoms with Crippen molar-refractivity contribution in [1.29, 1.82) is 0 Å². The van der Waals surface area contributed by atoms with Crippen molar-refractivity contribution < 1.29 is 47.0 Å². The molecule has 2 N–H and O–H groups in total. The average molecular weight is 1050 g/mol. The fraction of sp³-hybridized carbons (Fsp3) is 0.397. The molecule has 1 saturated heterocycles. The van der Waals surface area contributed by atoms with Crippen molar-refractivity contribution in [2.75, 3.05) is 67.0 Å². The number of carbonyl (C=O) groups excluding carboxylic acids is 1. The van der Waals surface area contributed by atoms with Gasteiger partial charge < -0.3 is 47.5 Å². The van der Waals surface area contributed by atoms with Crippen LogP contribution in [0.25, 0.3) is 11.1 Å². The molecule has 8 rings (SSSR count). The molecule has 0 saturated carbocycles. The second-order valence-electron chi connectivity index (χ2n) is 18.9. The summed E-state index contributed by atoms with van der Waals surface area (Å²) in [5.41, 5.74) is 5.35. The van der Waals surface area contributed by atoms with Crippen LogP contribution in [0.4, 0.5) is 4.79 Å². The van der Waals surface area contributed by atoms with Crippen molar-refractivity contribution in [3.05, 3.63) is 188 Å². The van der Waals surface area contributed by atoms with Crippen LogP contribution < -0.4 is 26.0 Å². The number of fused-ring (bicyclic) bond motifs is 3. The van der Waals surface area contributed by atoms with Crippen LogP contribution in [-0.2, 0) is 38.3 Å². The van der Waals surface area contributed by atoms with E-state index in [0.29, 0.717) is 30.3 Å². The second-order valence-corrected chi connectivity index (χ2v) is 20.3. The Morgan fingerprint density at radius 3 is 1.87 bits per heavy atom. The Bertz CT molecular complexity index is 2800. The molecule has 0 spiro atoms. The molecule has 17 heteroatoms. The summed E-state index contributed by atoms with van der Waals surface area (Å²) >= 11 is 0. The molecular formula is C58H69N4O12P. The molecule has 75 heavy (non-hydrogen) atoms. The zero-order valence-corrected chi connectivity index (χ0v) is 44.7. The Morgan fingerprint density at radius 2 is 1.28 bits per heavy atom. The highest BCUT2D eigenvalue weighted by Crippen LogP contribution is 2.51. The minimum Gasteiger partial charge on any atom is -0.497 e. The zero-order chi connectivity index (χ0) is 52.9. The predicted molar refractivity (Wildman–Crippen MR) is 287 cm³/mol. The maximum Gasteiger partial charge on any atom is 0.407 e. The fourth-order valence-electron chi connectivity index (χ4n) is 9.83. The Kier molecular flexibility index (Phi) is 19.1. The lowest BCUT2D eigenvalue weighted by atomic mass is 9.80. The first-order valence-electron chi connectivity index (χ1n) is 25.5. The standard InChI is InChI=1S/C58H69N4O12P/c1-39(2)62(40(3)4)75(72-34-33-69-32-31-68-30-29-59-57(65)70-37-51-49-19-13-11-17-47(49)48-18-12-14-20-50(48)51)74-52-35-54(61-36-41(5)55(63)60-56(61)64)73-53(52)38-71-58(42-15-9-8-10-16-42,43-21-25-45(66-6)26-22-43)44-23-27-46(67-7)28-24-44/h8-28,36,39-40,51-54H,29-35,37-38H2,1-7H3,(H,59,65)(H,60,63,64). The van der Waals surface area contributed by atoms with E-state index in [1.807, 2.05) is 103 Å². The van der Waals surface area contributed by atoms with E-state index in [9.17, 15) is 14.4 Å². The summed E-state index contributed by atoms with van der Waals surface area (Å²) in [7, 11) is 1.52. The van der Waals surface area contributed by atoms with Gasteiger partial charge in [0.1, 0.15) is 36.0 Å². The van der Waals surface area contributed by atoms with Crippen molar-refractivity contribution >= 4 is 14.6 Å². The number of nitrogens with zero attached hydrogens (tertiary/aromatic N) is 2. The van der Waals surface area contributed by atoms with Gasteiger partial charge in [0.05, 0.1) is 60.0 Å². The van der Waals surface area contributed by atoms with Crippen molar-refractivity contribution in [2.45, 2.75) is 83.1 Å². The highest BCUT2D eigenvalue weighted by molar-refractivity contribution is 7.44. The van der Waals surface area contributed by atoms with E-state index in [1.165, 1.54) is 21.9 Å². The Morgan fingerprint density at radius 1 is 0.733 bits per heavy atom. The van der Waals surface area contributed by atoms with E-state index in [-0.39, 0.29) is 64.0 Å². The summed E-state index contributed by atoms with van der Waals surface area (Å²) in [5, 5.41) is 2.78. The molecule has 0 radical (unpaired) electrons. The maximum absolute atomic E-state index is 13.4. The van der Waals surface area contributed by atoms with Gasteiger partial charge in [-0.2, -0.15) is 0 Å². The molecule has 1 fully saturated rings. The molecule has 398 valence electrons. The van der Waals surface area contributed by atoms with Crippen LogP contribution in [0.2, 0.25) is 0 Å². The molecule has 16 nitrogen and oxygen atoms in total. The Hall–Kier alpha value is -6.20. The maximum atomic E-state index is 13.4. The molecule has 2 heterocycles. The number of hydrogen-bond donors (Lipinski definition) is 2. The number of alkyl carbamates (subject to hydrolysis) is 1. The SMILES string of the molecule is COc1ccc(C(OCC2OC(n3cc(C)c(=O)[nH]c3=O)CC2OP(OCCOCCOCCNC(=O)OCC2c3ccccc3-c3ccccc32)N(C(C)C)C(C)C)(c2ccccc2)c2ccc(OC)cc2)cc1. The molecule has 2 aliphatic rings. The summed E-state index contributed by atoms with van der Waals surface area (Å²) < 4.78 is 59.9. The van der Waals surface area contributed by atoms with Crippen LogP contribution in [0.15, 0.2) is 143 Å². The number of methoxy groups -OCH3 is 2. The first-order chi connectivity index (χ1) is 36.4. The Balaban J connectivity index is 0.915. The number of aromatic amines is 1. The third-order valence-electron chi connectivity index (χ3n) is 13.4. The molecule has 1 amide bonds. The number of rotatable bonds is 26. The van der Waals surface area contributed by atoms with Crippen molar-refractivity contribution in [1.82, 2.24) is 19.5 Å². The average Bonchev–Trinajstić information content (AvgIpc) is 3.97. The highest BCUT2D eigenvalue weighted by Gasteiger charge is 2.45. The van der Waals surface area contributed by atoms with Gasteiger partial charge in [-0.15, -0.1) is 0 Å². The van der Waals surface area contributed by atoms with Gasteiger partial charge in [0.2, 0.25) is 0 Å². The van der Waals surface area contributed by atoms with Crippen LogP contribution in [0.5, 0.6) is 11.5 Å². The second kappa shape index (κ2) is 26.0. The first-order valence-corrected chi connectivity index (χ1v) is 26.6. The molecule has 5 aromatic carbocycles. The quantitative estimate of drug-likeness (QED) is 0.0300. The number of amides is 1. The Labute approximate surface area is 440 Å². The predicted octanol–water partition coefficient (Wildman–Crippen LogP) is 9.48. The molecule has 1 aliphatic heterocycles. The van der Waals surface area contributed by atoms with Crippen molar-refractivity contribution in [3.63, 3.8) is 0 Å². The van der Waals surface area contributed by atoms with Crippen LogP contribution in [0, 0.1) is 6.92 Å². The van der Waals surface area contributed by atoms with Gasteiger partial charge in [0.25, 0.3) is 14.1 Å². The molecule has 1 aromatic heterocycles. The monoisotopic (exact) mass is 1040 g/mol. The van der Waals surface area contributed by atoms with Gasteiger partial charge in [-0.25, -0.2) is 14.3 Å². The number of H-pyrrole nitrogens is 1. The lowest BCUT2D eigenvalue weighted by Crippen LogP contribution is -2.39. The normalized spacial score (nSPS) is 16.8. The van der Waals surface area contributed by atoms with Crippen LogP contribution in [0.1, 0.15) is 79.6 Å². The zero-order valence-electron chi connectivity index (χ0n) is 43.8. The van der Waals surface area contributed by atoms with Gasteiger partial charge in [-0.1, -0.05) is 103 Å². The number of aryl methyl sites for hydroxylation is 1. The molecular weight excluding hydrogens is 976 g/mol. The van der Waals surface area contributed by atoms with E-state index in [1.54, 1.807) is 21.1 Å². The lowest BCUT2D eigenvalue weighted by Gasteiger charge is -2.39. The van der Waals surface area contributed by atoms with Crippen LogP contribution in [-0.4, -0.2) is 112 Å². The summed E-state index contributed by atoms with van der Waals surface area (Å²) in [5.74, 6) is 1.37. The first kappa shape index (κ1) is 55.0. The van der Waals surface area contributed by atoms with E-state index >= 15 is 0 Å². The van der Waals surface area contributed by atoms with Gasteiger partial charge >= 0.3 is 11.8 Å². The van der Waals surface area contributed by atoms with Gasteiger partial charge in [-0.05, 0) is 97.8 Å². The molecule has 0 bridgehead atoms. The van der Waals surface area contributed by atoms with Gasteiger partial charge in [-0.3, -0.25) is 14.3 Å². The van der Waals surface area contributed by atoms with E-state index in [0.717, 1.165) is 27.8 Å². The van der Waals surface area contributed by atoms with E-state index in [2.05, 4.69) is 66.9 Å². The summed E-state index contributed by atoms with van der Waals surface area (Å²) in [6.07, 6.45) is -0.900. The van der Waals surface area contributed by atoms with E-state index in [4.69, 9.17) is 42.2 Å². The number of hydrogen-bond acceptors (Lipinski definition) is 13. The van der Waals surface area contributed by atoms with Gasteiger partial charge in [0, 0.05) is 42.7 Å².